The van der Waals surface area contributed by atoms with Crippen molar-refractivity contribution >= 4 is 5.95 Å². The van der Waals surface area contributed by atoms with Gasteiger partial charge in [-0.2, -0.15) is 4.98 Å². The van der Waals surface area contributed by atoms with Gasteiger partial charge >= 0.3 is 0 Å². The molecule has 2 atom stereocenters. The van der Waals surface area contributed by atoms with E-state index >= 15 is 0 Å². The van der Waals surface area contributed by atoms with Gasteiger partial charge < -0.3 is 19.3 Å². The first-order chi connectivity index (χ1) is 10.7. The SMILES string of the molecule is COc1ccnc(N2CC3(CCN(C)CC3)[C@H]3COC[C@H]32)n1. The maximum atomic E-state index is 5.83. The smallest absolute Gasteiger partial charge is 0.228 e. The van der Waals surface area contributed by atoms with Gasteiger partial charge in [-0.3, -0.25) is 0 Å². The molecule has 0 bridgehead atoms. The lowest BCUT2D eigenvalue weighted by Gasteiger charge is -2.40. The van der Waals surface area contributed by atoms with Crippen LogP contribution in [0.1, 0.15) is 12.8 Å². The molecule has 4 heterocycles. The highest BCUT2D eigenvalue weighted by atomic mass is 16.5. The van der Waals surface area contributed by atoms with E-state index in [4.69, 9.17) is 9.47 Å². The predicted molar refractivity (Wildman–Crippen MR) is 83.2 cm³/mol. The van der Waals surface area contributed by atoms with Crippen molar-refractivity contribution in [2.24, 2.45) is 11.3 Å². The van der Waals surface area contributed by atoms with Gasteiger partial charge in [0.1, 0.15) is 0 Å². The van der Waals surface area contributed by atoms with E-state index in [0.717, 1.165) is 25.7 Å². The maximum Gasteiger partial charge on any atom is 0.228 e. The van der Waals surface area contributed by atoms with E-state index in [1.807, 2.05) is 0 Å². The molecule has 0 aliphatic carbocycles. The molecule has 0 unspecified atom stereocenters. The van der Waals surface area contributed by atoms with Crippen molar-refractivity contribution in [3.63, 3.8) is 0 Å². The summed E-state index contributed by atoms with van der Waals surface area (Å²) in [6.07, 6.45) is 4.27. The summed E-state index contributed by atoms with van der Waals surface area (Å²) in [6, 6.07) is 2.21. The van der Waals surface area contributed by atoms with Crippen LogP contribution in [-0.2, 0) is 4.74 Å². The highest BCUT2D eigenvalue weighted by Gasteiger charge is 2.56. The second kappa shape index (κ2) is 5.35. The summed E-state index contributed by atoms with van der Waals surface area (Å²) < 4.78 is 11.1. The number of ether oxygens (including phenoxy) is 2. The number of rotatable bonds is 2. The number of hydrogen-bond acceptors (Lipinski definition) is 6. The molecule has 3 aliphatic heterocycles. The Bertz CT molecular complexity index is 545. The van der Waals surface area contributed by atoms with E-state index in [1.54, 1.807) is 19.4 Å². The fourth-order valence-corrected chi connectivity index (χ4v) is 4.41. The first-order valence-corrected chi connectivity index (χ1v) is 8.12. The lowest BCUT2D eigenvalue weighted by atomic mass is 9.70. The van der Waals surface area contributed by atoms with Crippen LogP contribution in [0.2, 0.25) is 0 Å². The molecule has 6 nitrogen and oxygen atoms in total. The van der Waals surface area contributed by atoms with Crippen molar-refractivity contribution in [1.29, 1.82) is 0 Å². The molecule has 22 heavy (non-hydrogen) atoms. The average Bonchev–Trinajstić information content (AvgIpc) is 3.14. The van der Waals surface area contributed by atoms with Crippen LogP contribution in [0.5, 0.6) is 5.88 Å². The quantitative estimate of drug-likeness (QED) is 0.813. The lowest BCUT2D eigenvalue weighted by Crippen LogP contribution is -2.43. The first kappa shape index (κ1) is 14.2. The second-order valence-corrected chi connectivity index (χ2v) is 6.90. The minimum atomic E-state index is 0.361. The van der Waals surface area contributed by atoms with Gasteiger partial charge in [-0.15, -0.1) is 0 Å². The van der Waals surface area contributed by atoms with Gasteiger partial charge in [0.05, 0.1) is 26.4 Å². The van der Waals surface area contributed by atoms with E-state index in [9.17, 15) is 0 Å². The zero-order valence-electron chi connectivity index (χ0n) is 13.4. The van der Waals surface area contributed by atoms with Crippen LogP contribution < -0.4 is 9.64 Å². The molecule has 0 aromatic carbocycles. The van der Waals surface area contributed by atoms with Crippen molar-refractivity contribution in [2.75, 3.05) is 51.9 Å². The summed E-state index contributed by atoms with van der Waals surface area (Å²) in [5.41, 5.74) is 0.361. The number of hydrogen-bond donors (Lipinski definition) is 0. The van der Waals surface area contributed by atoms with Gasteiger partial charge in [-0.05, 0) is 38.4 Å². The summed E-state index contributed by atoms with van der Waals surface area (Å²) in [6.45, 7) is 5.08. The van der Waals surface area contributed by atoms with Gasteiger partial charge in [-0.25, -0.2) is 4.98 Å². The molecule has 120 valence electrons. The second-order valence-electron chi connectivity index (χ2n) is 6.90. The molecule has 1 aromatic heterocycles. The van der Waals surface area contributed by atoms with Crippen molar-refractivity contribution in [3.8, 4) is 5.88 Å². The third-order valence-corrected chi connectivity index (χ3v) is 5.79. The van der Waals surface area contributed by atoms with E-state index in [2.05, 4.69) is 26.8 Å². The number of nitrogens with zero attached hydrogens (tertiary/aromatic N) is 4. The fraction of sp³-hybridized carbons (Fsp3) is 0.750. The van der Waals surface area contributed by atoms with Crippen molar-refractivity contribution in [2.45, 2.75) is 18.9 Å². The molecule has 3 aliphatic rings. The Balaban J connectivity index is 1.64. The van der Waals surface area contributed by atoms with Crippen molar-refractivity contribution in [1.82, 2.24) is 14.9 Å². The van der Waals surface area contributed by atoms with Gasteiger partial charge in [0.2, 0.25) is 11.8 Å². The lowest BCUT2D eigenvalue weighted by molar-refractivity contribution is 0.0715. The number of methoxy groups -OCH3 is 1. The van der Waals surface area contributed by atoms with E-state index in [0.29, 0.717) is 23.3 Å². The van der Waals surface area contributed by atoms with Crippen LogP contribution in [0.3, 0.4) is 0 Å². The summed E-state index contributed by atoms with van der Waals surface area (Å²) in [5.74, 6) is 2.02. The molecule has 0 N–H and O–H groups in total. The standard InChI is InChI=1S/C16H24N4O2/c1-19-7-4-16(5-8-19)11-20(13-10-22-9-12(13)16)15-17-6-3-14(18-15)21-2/h3,6,12-13H,4-5,7-11H2,1-2H3/t12-,13+/m0/s1. The van der Waals surface area contributed by atoms with Crippen LogP contribution >= 0.6 is 0 Å². The van der Waals surface area contributed by atoms with Crippen molar-refractivity contribution < 1.29 is 9.47 Å². The number of fused-ring (bicyclic) bond motifs is 2. The molecule has 0 radical (unpaired) electrons. The predicted octanol–water partition coefficient (Wildman–Crippen LogP) is 1.03. The number of likely N-dealkylation sites (tertiary alicyclic amines) is 1. The Morgan fingerprint density at radius 1 is 1.32 bits per heavy atom. The van der Waals surface area contributed by atoms with E-state index in [-0.39, 0.29) is 0 Å². The van der Waals surface area contributed by atoms with Gasteiger partial charge in [-0.1, -0.05) is 0 Å². The maximum absolute atomic E-state index is 5.83. The molecule has 0 amide bonds. The number of anilines is 1. The highest BCUT2D eigenvalue weighted by molar-refractivity contribution is 5.39. The molecular formula is C16H24N4O2. The molecule has 3 fully saturated rings. The third kappa shape index (κ3) is 2.16. The topological polar surface area (TPSA) is 50.7 Å². The Labute approximate surface area is 131 Å². The highest BCUT2D eigenvalue weighted by Crippen LogP contribution is 2.50. The minimum Gasteiger partial charge on any atom is -0.481 e. The first-order valence-electron chi connectivity index (χ1n) is 8.12. The molecule has 0 saturated carbocycles. The molecule has 1 spiro atoms. The largest absolute Gasteiger partial charge is 0.481 e. The van der Waals surface area contributed by atoms with Gasteiger partial charge in [0, 0.05) is 24.7 Å². The van der Waals surface area contributed by atoms with Gasteiger partial charge in [0.25, 0.3) is 0 Å². The Morgan fingerprint density at radius 2 is 2.14 bits per heavy atom. The van der Waals surface area contributed by atoms with Gasteiger partial charge in [0.15, 0.2) is 0 Å². The number of piperidine rings is 1. The van der Waals surface area contributed by atoms with Crippen LogP contribution in [-0.4, -0.2) is 67.9 Å². The summed E-state index contributed by atoms with van der Waals surface area (Å²) >= 11 is 0. The van der Waals surface area contributed by atoms with Crippen LogP contribution in [0, 0.1) is 11.3 Å². The molecular weight excluding hydrogens is 280 g/mol. The summed E-state index contributed by atoms with van der Waals surface area (Å²) in [7, 11) is 3.86. The molecule has 4 rings (SSSR count). The summed E-state index contributed by atoms with van der Waals surface area (Å²) in [5, 5.41) is 0. The molecule has 3 saturated heterocycles. The van der Waals surface area contributed by atoms with E-state index < -0.39 is 0 Å². The number of aromatic nitrogens is 2. The Morgan fingerprint density at radius 3 is 2.91 bits per heavy atom. The average molecular weight is 304 g/mol. The van der Waals surface area contributed by atoms with Crippen LogP contribution in [0.4, 0.5) is 5.95 Å². The van der Waals surface area contributed by atoms with Crippen LogP contribution in [0.15, 0.2) is 12.3 Å². The zero-order chi connectivity index (χ0) is 15.2. The zero-order valence-corrected chi connectivity index (χ0v) is 13.4. The van der Waals surface area contributed by atoms with Crippen molar-refractivity contribution in [3.05, 3.63) is 12.3 Å². The molecule has 6 heteroatoms. The van der Waals surface area contributed by atoms with E-state index in [1.165, 1.54) is 25.9 Å². The minimum absolute atomic E-state index is 0.361. The Hall–Kier alpha value is -1.40. The summed E-state index contributed by atoms with van der Waals surface area (Å²) in [4.78, 5) is 13.8. The molecule has 1 aromatic rings. The fourth-order valence-electron chi connectivity index (χ4n) is 4.41. The third-order valence-electron chi connectivity index (χ3n) is 5.79. The monoisotopic (exact) mass is 304 g/mol. The normalized spacial score (nSPS) is 30.7. The Kier molecular flexibility index (Phi) is 3.46. The van der Waals surface area contributed by atoms with Crippen LogP contribution in [0.25, 0.3) is 0 Å².